The van der Waals surface area contributed by atoms with E-state index < -0.39 is 23.5 Å². The summed E-state index contributed by atoms with van der Waals surface area (Å²) in [6.07, 6.45) is -5.85. The quantitative estimate of drug-likeness (QED) is 0.663. The number of hydrogen-bond donors (Lipinski definition) is 1. The minimum Gasteiger partial charge on any atom is -0.339 e. The molecule has 1 aromatic carbocycles. The van der Waals surface area contributed by atoms with E-state index in [0.717, 1.165) is 10.5 Å². The molecule has 0 radical (unpaired) electrons. The smallest absolute Gasteiger partial charge is 0.339 e. The van der Waals surface area contributed by atoms with E-state index in [1.807, 2.05) is 4.90 Å². The number of rotatable bonds is 4. The summed E-state index contributed by atoms with van der Waals surface area (Å²) in [7, 11) is 0. The van der Waals surface area contributed by atoms with Crippen LogP contribution in [0.15, 0.2) is 35.1 Å². The Kier molecular flexibility index (Phi) is 5.85. The predicted molar refractivity (Wildman–Crippen MR) is 93.6 cm³/mol. The molecule has 0 spiro atoms. The highest BCUT2D eigenvalue weighted by atomic mass is 79.9. The highest BCUT2D eigenvalue weighted by Gasteiger charge is 2.38. The first-order chi connectivity index (χ1) is 13.0. The largest absolute Gasteiger partial charge is 0.416 e. The number of hydrogen-bond acceptors (Lipinski definition) is 4. The lowest BCUT2D eigenvalue weighted by Crippen LogP contribution is -2.33. The molecule has 1 fully saturated rings. The van der Waals surface area contributed by atoms with Crippen LogP contribution in [0.1, 0.15) is 23.1 Å². The average Bonchev–Trinajstić information content (AvgIpc) is 3.08. The zero-order chi connectivity index (χ0) is 20.5. The predicted octanol–water partition coefficient (Wildman–Crippen LogP) is 4.65. The fourth-order valence-corrected chi connectivity index (χ4v) is 3.21. The fraction of sp³-hybridized carbons (Fsp3) is 0.412. The van der Waals surface area contributed by atoms with Gasteiger partial charge in [0.1, 0.15) is 0 Å². The van der Waals surface area contributed by atoms with Crippen molar-refractivity contribution in [3.05, 3.63) is 51.8 Å². The summed E-state index contributed by atoms with van der Waals surface area (Å²) in [5.41, 5.74) is -2.82. The molecule has 1 saturated heterocycles. The fourth-order valence-electron chi connectivity index (χ4n) is 3.00. The molecule has 3 rings (SSSR count). The van der Waals surface area contributed by atoms with Gasteiger partial charge in [-0.05, 0) is 40.0 Å². The Morgan fingerprint density at radius 1 is 1.07 bits per heavy atom. The summed E-state index contributed by atoms with van der Waals surface area (Å²) in [5, 5.41) is 2.99. The van der Waals surface area contributed by atoms with Gasteiger partial charge >= 0.3 is 12.4 Å². The van der Waals surface area contributed by atoms with Gasteiger partial charge in [0.25, 0.3) is 0 Å². The lowest BCUT2D eigenvalue weighted by atomic mass is 10.0. The minimum absolute atomic E-state index is 0.129. The minimum atomic E-state index is -4.87. The number of benzene rings is 1. The van der Waals surface area contributed by atoms with Gasteiger partial charge in [-0.15, -0.1) is 0 Å². The summed E-state index contributed by atoms with van der Waals surface area (Å²) in [6.45, 7) is 0.925. The maximum absolute atomic E-state index is 13.2. The molecule has 28 heavy (non-hydrogen) atoms. The van der Waals surface area contributed by atoms with Crippen LogP contribution in [-0.2, 0) is 18.9 Å². The van der Waals surface area contributed by atoms with E-state index in [4.69, 9.17) is 0 Å². The van der Waals surface area contributed by atoms with Crippen LogP contribution in [0, 0.1) is 0 Å². The first-order valence-corrected chi connectivity index (χ1v) is 9.06. The highest BCUT2D eigenvalue weighted by molar-refractivity contribution is 9.10. The van der Waals surface area contributed by atoms with Crippen LogP contribution in [0.5, 0.6) is 0 Å². The van der Waals surface area contributed by atoms with Crippen LogP contribution in [0.4, 0.5) is 32.3 Å². The molecule has 0 aliphatic carbocycles. The maximum Gasteiger partial charge on any atom is 0.416 e. The molecule has 2 heterocycles. The third-order valence-electron chi connectivity index (χ3n) is 4.40. The molecule has 1 aliphatic heterocycles. The second kappa shape index (κ2) is 7.86. The Balaban J connectivity index is 1.68. The van der Waals surface area contributed by atoms with Crippen molar-refractivity contribution in [3.63, 3.8) is 0 Å². The zero-order valence-electron chi connectivity index (χ0n) is 14.3. The molecule has 4 nitrogen and oxygen atoms in total. The lowest BCUT2D eigenvalue weighted by molar-refractivity contribution is -0.143. The Hall–Kier alpha value is -1.88. The second-order valence-corrected chi connectivity index (χ2v) is 7.30. The molecule has 1 unspecified atom stereocenters. The second-order valence-electron chi connectivity index (χ2n) is 6.38. The Labute approximate surface area is 165 Å². The number of nitrogens with zero attached hydrogens (tertiary/aromatic N) is 3. The van der Waals surface area contributed by atoms with Gasteiger partial charge in [-0.3, -0.25) is 0 Å². The lowest BCUT2D eigenvalue weighted by Gasteiger charge is -2.19. The molecule has 11 heteroatoms. The summed E-state index contributed by atoms with van der Waals surface area (Å²) in [6, 6.07) is 1.58. The van der Waals surface area contributed by atoms with E-state index in [9.17, 15) is 26.3 Å². The van der Waals surface area contributed by atoms with Gasteiger partial charge in [-0.1, -0.05) is 6.07 Å². The van der Waals surface area contributed by atoms with Crippen LogP contribution in [0.2, 0.25) is 0 Å². The van der Waals surface area contributed by atoms with Crippen molar-refractivity contribution in [2.24, 2.45) is 0 Å². The molecular weight excluding hydrogens is 454 g/mol. The van der Waals surface area contributed by atoms with Crippen molar-refractivity contribution < 1.29 is 26.3 Å². The van der Waals surface area contributed by atoms with Crippen molar-refractivity contribution in [1.29, 1.82) is 0 Å². The van der Waals surface area contributed by atoms with Gasteiger partial charge in [-0.2, -0.15) is 26.3 Å². The topological polar surface area (TPSA) is 41.0 Å². The molecule has 0 amide bonds. The summed E-state index contributed by atoms with van der Waals surface area (Å²) in [5.74, 6) is 0.512. The summed E-state index contributed by atoms with van der Waals surface area (Å²) >= 11 is 3.24. The molecule has 1 aliphatic rings. The van der Waals surface area contributed by atoms with Gasteiger partial charge in [0.05, 0.1) is 15.6 Å². The Morgan fingerprint density at radius 2 is 1.75 bits per heavy atom. The molecule has 152 valence electrons. The van der Waals surface area contributed by atoms with Crippen LogP contribution >= 0.6 is 15.9 Å². The monoisotopic (exact) mass is 468 g/mol. The molecule has 0 saturated carbocycles. The standard InChI is InChI=1S/C17H15BrF6N4/c18-12-7-26-15(27-8-12)28-4-3-13(9-28)25-6-10-1-2-11(16(19,20)21)5-14(10)17(22,23)24/h1-2,5,7-8,13,25H,3-4,6,9H2. The Morgan fingerprint density at radius 3 is 2.36 bits per heavy atom. The molecule has 0 bridgehead atoms. The van der Waals surface area contributed by atoms with E-state index in [1.165, 1.54) is 0 Å². The van der Waals surface area contributed by atoms with Crippen LogP contribution < -0.4 is 10.2 Å². The molecule has 2 aromatic rings. The number of alkyl halides is 6. The SMILES string of the molecule is FC(F)(F)c1ccc(CNC2CCN(c3ncc(Br)cn3)C2)c(C(F)(F)F)c1. The van der Waals surface area contributed by atoms with Crippen molar-refractivity contribution in [2.75, 3.05) is 18.0 Å². The van der Waals surface area contributed by atoms with Gasteiger partial charge in [0.15, 0.2) is 0 Å². The van der Waals surface area contributed by atoms with E-state index >= 15 is 0 Å². The number of aromatic nitrogens is 2. The number of nitrogens with one attached hydrogen (secondary N) is 1. The van der Waals surface area contributed by atoms with Crippen LogP contribution in [0.25, 0.3) is 0 Å². The molecule has 1 N–H and O–H groups in total. The molecule has 1 atom stereocenters. The first kappa shape index (κ1) is 20.8. The zero-order valence-corrected chi connectivity index (χ0v) is 15.9. The van der Waals surface area contributed by atoms with Crippen molar-refractivity contribution in [1.82, 2.24) is 15.3 Å². The van der Waals surface area contributed by atoms with Gasteiger partial charge in [0, 0.05) is 38.1 Å². The van der Waals surface area contributed by atoms with Crippen LogP contribution in [-0.4, -0.2) is 29.1 Å². The Bertz CT molecular complexity index is 822. The maximum atomic E-state index is 13.2. The molecular formula is C17H15BrF6N4. The van der Waals surface area contributed by atoms with Crippen molar-refractivity contribution in [3.8, 4) is 0 Å². The number of anilines is 1. The van der Waals surface area contributed by atoms with Crippen molar-refractivity contribution >= 4 is 21.9 Å². The van der Waals surface area contributed by atoms with Crippen molar-refractivity contribution in [2.45, 2.75) is 31.4 Å². The van der Waals surface area contributed by atoms with Crippen LogP contribution in [0.3, 0.4) is 0 Å². The van der Waals surface area contributed by atoms with E-state index in [-0.39, 0.29) is 24.2 Å². The van der Waals surface area contributed by atoms with E-state index in [2.05, 4.69) is 31.2 Å². The highest BCUT2D eigenvalue weighted by Crippen LogP contribution is 2.37. The van der Waals surface area contributed by atoms with Gasteiger partial charge in [0.2, 0.25) is 5.95 Å². The third-order valence-corrected chi connectivity index (χ3v) is 4.81. The number of halogens is 7. The van der Waals surface area contributed by atoms with E-state index in [0.29, 0.717) is 31.5 Å². The van der Waals surface area contributed by atoms with Gasteiger partial charge in [-0.25, -0.2) is 9.97 Å². The first-order valence-electron chi connectivity index (χ1n) is 8.27. The average molecular weight is 469 g/mol. The normalized spacial score (nSPS) is 18.0. The van der Waals surface area contributed by atoms with Gasteiger partial charge < -0.3 is 10.2 Å². The third kappa shape index (κ3) is 4.93. The summed E-state index contributed by atoms with van der Waals surface area (Å²) in [4.78, 5) is 10.2. The van der Waals surface area contributed by atoms with E-state index in [1.54, 1.807) is 12.4 Å². The molecule has 1 aromatic heterocycles. The summed E-state index contributed by atoms with van der Waals surface area (Å²) < 4.78 is 78.6.